The molecule has 2 nitrogen and oxygen atoms in total. The van der Waals surface area contributed by atoms with Crippen LogP contribution in [0.15, 0.2) is 40.9 Å². The lowest BCUT2D eigenvalue weighted by atomic mass is 10.2. The van der Waals surface area contributed by atoms with Crippen molar-refractivity contribution in [2.75, 3.05) is 5.32 Å². The summed E-state index contributed by atoms with van der Waals surface area (Å²) in [6.07, 6.45) is 0. The second-order valence-electron chi connectivity index (χ2n) is 4.22. The van der Waals surface area contributed by atoms with Gasteiger partial charge in [0.25, 0.3) is 0 Å². The number of thiazole rings is 1. The Morgan fingerprint density at radius 1 is 1.21 bits per heavy atom. The van der Waals surface area contributed by atoms with E-state index in [2.05, 4.69) is 39.2 Å². The van der Waals surface area contributed by atoms with E-state index in [1.54, 1.807) is 11.3 Å². The molecule has 0 atom stereocenters. The van der Waals surface area contributed by atoms with Crippen LogP contribution in [0.1, 0.15) is 5.56 Å². The highest BCUT2D eigenvalue weighted by Crippen LogP contribution is 2.31. The molecule has 2 aromatic carbocycles. The van der Waals surface area contributed by atoms with Crippen LogP contribution in [-0.2, 0) is 0 Å². The maximum Gasteiger partial charge on any atom is 0.188 e. The van der Waals surface area contributed by atoms with Gasteiger partial charge in [-0.25, -0.2) is 4.98 Å². The van der Waals surface area contributed by atoms with Crippen molar-refractivity contribution in [1.82, 2.24) is 4.98 Å². The van der Waals surface area contributed by atoms with Gasteiger partial charge in [-0.1, -0.05) is 44.9 Å². The summed E-state index contributed by atoms with van der Waals surface area (Å²) in [5, 5.41) is 4.92. The van der Waals surface area contributed by atoms with E-state index in [0.717, 1.165) is 30.5 Å². The molecule has 0 aliphatic carbocycles. The molecule has 5 heteroatoms. The lowest BCUT2D eigenvalue weighted by Crippen LogP contribution is -1.89. The van der Waals surface area contributed by atoms with Crippen LogP contribution in [0.25, 0.3) is 10.2 Å². The summed E-state index contributed by atoms with van der Waals surface area (Å²) in [7, 11) is 0. The van der Waals surface area contributed by atoms with Crippen LogP contribution in [0.2, 0.25) is 5.02 Å². The maximum absolute atomic E-state index is 5.98. The second kappa shape index (κ2) is 5.12. The number of nitrogens with zero attached hydrogens (tertiary/aromatic N) is 1. The van der Waals surface area contributed by atoms with Gasteiger partial charge in [0.2, 0.25) is 0 Å². The third-order valence-corrected chi connectivity index (χ3v) is 4.80. The smallest absolute Gasteiger partial charge is 0.188 e. The fourth-order valence-electron chi connectivity index (χ4n) is 1.75. The van der Waals surface area contributed by atoms with E-state index in [0.29, 0.717) is 0 Å². The molecule has 0 aliphatic rings. The van der Waals surface area contributed by atoms with Crippen molar-refractivity contribution >= 4 is 59.9 Å². The molecule has 0 amide bonds. The predicted molar refractivity (Wildman–Crippen MR) is 86.8 cm³/mol. The molecule has 0 bridgehead atoms. The standard InChI is InChI=1S/C14H10BrClN2S/c1-8-2-4-10(7-11(8)15)17-14-18-12-5-3-9(16)6-13(12)19-14/h2-7H,1H3,(H,17,18). The molecule has 1 heterocycles. The topological polar surface area (TPSA) is 24.9 Å². The average Bonchev–Trinajstić information content (AvgIpc) is 2.75. The van der Waals surface area contributed by atoms with Crippen LogP contribution in [-0.4, -0.2) is 4.98 Å². The lowest BCUT2D eigenvalue weighted by molar-refractivity contribution is 1.40. The minimum Gasteiger partial charge on any atom is -0.331 e. The predicted octanol–water partition coefficient (Wildman–Crippen LogP) is 5.76. The molecule has 0 unspecified atom stereocenters. The van der Waals surface area contributed by atoms with Gasteiger partial charge < -0.3 is 5.32 Å². The molecule has 0 spiro atoms. The number of hydrogen-bond donors (Lipinski definition) is 1. The van der Waals surface area contributed by atoms with Crippen molar-refractivity contribution in [2.45, 2.75) is 6.92 Å². The summed E-state index contributed by atoms with van der Waals surface area (Å²) >= 11 is 11.1. The summed E-state index contributed by atoms with van der Waals surface area (Å²) in [6, 6.07) is 11.9. The molecule has 3 aromatic rings. The molecule has 19 heavy (non-hydrogen) atoms. The van der Waals surface area contributed by atoms with E-state index in [9.17, 15) is 0 Å². The van der Waals surface area contributed by atoms with Gasteiger partial charge in [-0.05, 0) is 42.8 Å². The summed E-state index contributed by atoms with van der Waals surface area (Å²) < 4.78 is 2.17. The zero-order valence-electron chi connectivity index (χ0n) is 10.1. The Morgan fingerprint density at radius 2 is 2.05 bits per heavy atom. The van der Waals surface area contributed by atoms with Gasteiger partial charge in [-0.2, -0.15) is 0 Å². The Bertz CT molecular complexity index is 754. The summed E-state index contributed by atoms with van der Waals surface area (Å²) in [4.78, 5) is 4.53. The largest absolute Gasteiger partial charge is 0.331 e. The zero-order valence-corrected chi connectivity index (χ0v) is 13.2. The van der Waals surface area contributed by atoms with Crippen LogP contribution in [0, 0.1) is 6.92 Å². The quantitative estimate of drug-likeness (QED) is 0.633. The van der Waals surface area contributed by atoms with Gasteiger partial charge in [0.05, 0.1) is 10.2 Å². The highest BCUT2D eigenvalue weighted by molar-refractivity contribution is 9.10. The fraction of sp³-hybridized carbons (Fsp3) is 0.0714. The number of hydrogen-bond acceptors (Lipinski definition) is 3. The Labute approximate surface area is 128 Å². The van der Waals surface area contributed by atoms with Crippen LogP contribution in [0.3, 0.4) is 0 Å². The lowest BCUT2D eigenvalue weighted by Gasteiger charge is -2.04. The van der Waals surface area contributed by atoms with E-state index in [-0.39, 0.29) is 0 Å². The monoisotopic (exact) mass is 352 g/mol. The molecule has 1 aromatic heterocycles. The highest BCUT2D eigenvalue weighted by atomic mass is 79.9. The van der Waals surface area contributed by atoms with Gasteiger partial charge in [0.1, 0.15) is 0 Å². The first-order chi connectivity index (χ1) is 9.11. The summed E-state index contributed by atoms with van der Waals surface area (Å²) in [6.45, 7) is 2.06. The van der Waals surface area contributed by atoms with Crippen LogP contribution in [0.5, 0.6) is 0 Å². The number of fused-ring (bicyclic) bond motifs is 1. The van der Waals surface area contributed by atoms with E-state index >= 15 is 0 Å². The van der Waals surface area contributed by atoms with E-state index in [4.69, 9.17) is 11.6 Å². The number of benzene rings is 2. The Kier molecular flexibility index (Phi) is 3.48. The first kappa shape index (κ1) is 12.9. The average molecular weight is 354 g/mol. The second-order valence-corrected chi connectivity index (χ2v) is 6.54. The summed E-state index contributed by atoms with van der Waals surface area (Å²) in [5.41, 5.74) is 3.19. The number of nitrogens with one attached hydrogen (secondary N) is 1. The van der Waals surface area contributed by atoms with Crippen LogP contribution >= 0.6 is 38.9 Å². The van der Waals surface area contributed by atoms with Gasteiger partial charge >= 0.3 is 0 Å². The van der Waals surface area contributed by atoms with Crippen molar-refractivity contribution in [3.63, 3.8) is 0 Å². The van der Waals surface area contributed by atoms with Crippen molar-refractivity contribution in [2.24, 2.45) is 0 Å². The number of halogens is 2. The van der Waals surface area contributed by atoms with Gasteiger partial charge in [-0.15, -0.1) is 0 Å². The molecule has 0 fully saturated rings. The minimum absolute atomic E-state index is 0.737. The number of anilines is 2. The molecule has 96 valence electrons. The van der Waals surface area contributed by atoms with Crippen molar-refractivity contribution in [1.29, 1.82) is 0 Å². The zero-order chi connectivity index (χ0) is 13.4. The normalized spacial score (nSPS) is 10.9. The van der Waals surface area contributed by atoms with Crippen molar-refractivity contribution < 1.29 is 0 Å². The maximum atomic E-state index is 5.98. The fourth-order valence-corrected chi connectivity index (χ4v) is 3.29. The van der Waals surface area contributed by atoms with Gasteiger partial charge in [0.15, 0.2) is 5.13 Å². The Balaban J connectivity index is 1.94. The number of aromatic nitrogens is 1. The van der Waals surface area contributed by atoms with E-state index < -0.39 is 0 Å². The molecule has 0 saturated carbocycles. The third-order valence-electron chi connectivity index (χ3n) is 2.77. The number of rotatable bonds is 2. The summed E-state index contributed by atoms with van der Waals surface area (Å²) in [5.74, 6) is 0. The molecule has 0 radical (unpaired) electrons. The Hall–Kier alpha value is -1.10. The molecule has 1 N–H and O–H groups in total. The van der Waals surface area contributed by atoms with Crippen LogP contribution in [0.4, 0.5) is 10.8 Å². The third kappa shape index (κ3) is 2.76. The van der Waals surface area contributed by atoms with Crippen molar-refractivity contribution in [3.05, 3.63) is 51.5 Å². The SMILES string of the molecule is Cc1ccc(Nc2nc3ccc(Cl)cc3s2)cc1Br. The minimum atomic E-state index is 0.737. The first-order valence-electron chi connectivity index (χ1n) is 5.71. The van der Waals surface area contributed by atoms with Gasteiger partial charge in [-0.3, -0.25) is 0 Å². The molecule has 0 saturated heterocycles. The van der Waals surface area contributed by atoms with Crippen LogP contribution < -0.4 is 5.32 Å². The van der Waals surface area contributed by atoms with E-state index in [1.807, 2.05) is 30.3 Å². The molecular weight excluding hydrogens is 344 g/mol. The van der Waals surface area contributed by atoms with Crippen molar-refractivity contribution in [3.8, 4) is 0 Å². The molecular formula is C14H10BrClN2S. The first-order valence-corrected chi connectivity index (χ1v) is 7.70. The highest BCUT2D eigenvalue weighted by Gasteiger charge is 2.05. The molecule has 3 rings (SSSR count). The molecule has 0 aliphatic heterocycles. The number of aryl methyl sites for hydroxylation is 1. The Morgan fingerprint density at radius 3 is 2.84 bits per heavy atom. The van der Waals surface area contributed by atoms with Gasteiger partial charge in [0, 0.05) is 15.2 Å². The van der Waals surface area contributed by atoms with E-state index in [1.165, 1.54) is 5.56 Å².